The molecule has 0 radical (unpaired) electrons. The minimum Gasteiger partial charge on any atom is -0.494 e. The van der Waals surface area contributed by atoms with E-state index in [0.29, 0.717) is 18.1 Å². The number of hydrogen-bond donors (Lipinski definition) is 0. The molecule has 0 unspecified atom stereocenters. The van der Waals surface area contributed by atoms with E-state index in [9.17, 15) is 4.39 Å². The first-order valence-electron chi connectivity index (χ1n) is 5.85. The van der Waals surface area contributed by atoms with Gasteiger partial charge in [-0.2, -0.15) is 0 Å². The molecule has 1 nitrogen and oxygen atoms in total. The van der Waals surface area contributed by atoms with Gasteiger partial charge >= 0.3 is 0 Å². The van der Waals surface area contributed by atoms with Crippen molar-refractivity contribution in [2.75, 3.05) is 6.61 Å². The molecule has 0 aliphatic rings. The summed E-state index contributed by atoms with van der Waals surface area (Å²) >= 11 is 6.03. The molecule has 2 aromatic rings. The fourth-order valence-corrected chi connectivity index (χ4v) is 2.05. The van der Waals surface area contributed by atoms with Crippen LogP contribution >= 0.6 is 11.6 Å². The summed E-state index contributed by atoms with van der Waals surface area (Å²) in [4.78, 5) is 0. The van der Waals surface area contributed by atoms with Crippen molar-refractivity contribution in [3.8, 4) is 5.75 Å². The summed E-state index contributed by atoms with van der Waals surface area (Å²) in [5, 5.41) is 0.446. The zero-order chi connectivity index (χ0) is 13.0. The van der Waals surface area contributed by atoms with Crippen LogP contribution in [-0.4, -0.2) is 6.61 Å². The molecule has 3 heteroatoms. The molecule has 18 heavy (non-hydrogen) atoms. The highest BCUT2D eigenvalue weighted by atomic mass is 35.5. The molecular formula is C15H14ClFO. The minimum absolute atomic E-state index is 0.318. The van der Waals surface area contributed by atoms with Gasteiger partial charge in [-0.25, -0.2) is 4.39 Å². The van der Waals surface area contributed by atoms with Crippen LogP contribution in [0.2, 0.25) is 5.02 Å². The van der Waals surface area contributed by atoms with Crippen LogP contribution in [0, 0.1) is 5.82 Å². The zero-order valence-electron chi connectivity index (χ0n) is 10.1. The smallest absolute Gasteiger partial charge is 0.124 e. The lowest BCUT2D eigenvalue weighted by molar-refractivity contribution is 0.337. The number of benzene rings is 2. The molecule has 0 bridgehead atoms. The number of para-hydroxylation sites is 1. The monoisotopic (exact) mass is 264 g/mol. The first-order chi connectivity index (χ1) is 8.70. The third kappa shape index (κ3) is 3.02. The standard InChI is InChI=1S/C15H14ClFO/c1-2-18-15-6-4-3-5-12(15)9-11-7-8-13(17)10-14(11)16/h3-8,10H,2,9H2,1H3. The normalized spacial score (nSPS) is 10.4. The lowest BCUT2D eigenvalue weighted by Crippen LogP contribution is -1.98. The van der Waals surface area contributed by atoms with Crippen LogP contribution < -0.4 is 4.74 Å². The SMILES string of the molecule is CCOc1ccccc1Cc1ccc(F)cc1Cl. The minimum atomic E-state index is -0.318. The van der Waals surface area contributed by atoms with Crippen LogP contribution in [0.15, 0.2) is 42.5 Å². The Balaban J connectivity index is 2.28. The van der Waals surface area contributed by atoms with Crippen molar-refractivity contribution in [1.29, 1.82) is 0 Å². The van der Waals surface area contributed by atoms with Crippen molar-refractivity contribution >= 4 is 11.6 Å². The molecule has 0 aromatic heterocycles. The molecule has 2 rings (SSSR count). The van der Waals surface area contributed by atoms with Gasteiger partial charge in [0.05, 0.1) is 6.61 Å². The van der Waals surface area contributed by atoms with Crippen LogP contribution in [0.3, 0.4) is 0 Å². The quantitative estimate of drug-likeness (QED) is 0.792. The van der Waals surface area contributed by atoms with Gasteiger partial charge in [0.1, 0.15) is 11.6 Å². The molecule has 0 atom stereocenters. The first kappa shape index (κ1) is 12.9. The molecule has 0 heterocycles. The molecule has 0 saturated carbocycles. The fourth-order valence-electron chi connectivity index (χ4n) is 1.82. The van der Waals surface area contributed by atoms with Crippen molar-refractivity contribution in [3.63, 3.8) is 0 Å². The Morgan fingerprint density at radius 3 is 2.61 bits per heavy atom. The van der Waals surface area contributed by atoms with Gasteiger partial charge in [-0.1, -0.05) is 35.9 Å². The molecule has 0 aliphatic heterocycles. The van der Waals surface area contributed by atoms with E-state index in [4.69, 9.17) is 16.3 Å². The predicted octanol–water partition coefficient (Wildman–Crippen LogP) is 4.47. The van der Waals surface area contributed by atoms with Crippen molar-refractivity contribution in [2.24, 2.45) is 0 Å². The van der Waals surface area contributed by atoms with Gasteiger partial charge in [0.2, 0.25) is 0 Å². The van der Waals surface area contributed by atoms with E-state index in [1.54, 1.807) is 6.07 Å². The average Bonchev–Trinajstić information content (AvgIpc) is 2.35. The fraction of sp³-hybridized carbons (Fsp3) is 0.200. The molecule has 0 N–H and O–H groups in total. The van der Waals surface area contributed by atoms with Gasteiger partial charge in [0.25, 0.3) is 0 Å². The van der Waals surface area contributed by atoms with Gasteiger partial charge in [0.15, 0.2) is 0 Å². The van der Waals surface area contributed by atoms with E-state index < -0.39 is 0 Å². The third-order valence-corrected chi connectivity index (χ3v) is 3.02. The van der Waals surface area contributed by atoms with Gasteiger partial charge in [-0.3, -0.25) is 0 Å². The highest BCUT2D eigenvalue weighted by Gasteiger charge is 2.07. The van der Waals surface area contributed by atoms with E-state index in [2.05, 4.69) is 0 Å². The summed E-state index contributed by atoms with van der Waals surface area (Å²) in [6, 6.07) is 12.3. The molecular weight excluding hydrogens is 251 g/mol. The lowest BCUT2D eigenvalue weighted by atomic mass is 10.0. The maximum Gasteiger partial charge on any atom is 0.124 e. The summed E-state index contributed by atoms with van der Waals surface area (Å²) in [5.74, 6) is 0.530. The van der Waals surface area contributed by atoms with Gasteiger partial charge < -0.3 is 4.74 Å². The van der Waals surface area contributed by atoms with Crippen LogP contribution in [0.5, 0.6) is 5.75 Å². The molecule has 94 valence electrons. The van der Waals surface area contributed by atoms with Crippen molar-refractivity contribution < 1.29 is 9.13 Å². The highest BCUT2D eigenvalue weighted by Crippen LogP contribution is 2.25. The maximum absolute atomic E-state index is 13.0. The Morgan fingerprint density at radius 1 is 1.11 bits per heavy atom. The van der Waals surface area contributed by atoms with Crippen molar-refractivity contribution in [2.45, 2.75) is 13.3 Å². The molecule has 0 aliphatic carbocycles. The summed E-state index contributed by atoms with van der Waals surface area (Å²) in [5.41, 5.74) is 1.94. The summed E-state index contributed by atoms with van der Waals surface area (Å²) in [6.07, 6.45) is 0.634. The van der Waals surface area contributed by atoms with Gasteiger partial charge in [-0.15, -0.1) is 0 Å². The Kier molecular flexibility index (Phi) is 4.21. The second-order valence-electron chi connectivity index (χ2n) is 3.95. The second kappa shape index (κ2) is 5.87. The molecule has 0 saturated heterocycles. The third-order valence-electron chi connectivity index (χ3n) is 2.67. The topological polar surface area (TPSA) is 9.23 Å². The average molecular weight is 265 g/mol. The summed E-state index contributed by atoms with van der Waals surface area (Å²) in [7, 11) is 0. The summed E-state index contributed by atoms with van der Waals surface area (Å²) in [6.45, 7) is 2.57. The molecule has 2 aromatic carbocycles. The van der Waals surface area contributed by atoms with Crippen LogP contribution in [0.25, 0.3) is 0 Å². The Bertz CT molecular complexity index is 540. The van der Waals surface area contributed by atoms with Crippen LogP contribution in [-0.2, 0) is 6.42 Å². The second-order valence-corrected chi connectivity index (χ2v) is 4.36. The highest BCUT2D eigenvalue weighted by molar-refractivity contribution is 6.31. The van der Waals surface area contributed by atoms with E-state index >= 15 is 0 Å². The van der Waals surface area contributed by atoms with E-state index in [-0.39, 0.29) is 5.82 Å². The molecule has 0 fully saturated rings. The van der Waals surface area contributed by atoms with Crippen molar-refractivity contribution in [3.05, 3.63) is 64.4 Å². The first-order valence-corrected chi connectivity index (χ1v) is 6.23. The number of rotatable bonds is 4. The van der Waals surface area contributed by atoms with E-state index in [1.165, 1.54) is 12.1 Å². The van der Waals surface area contributed by atoms with Gasteiger partial charge in [-0.05, 0) is 36.2 Å². The summed E-state index contributed by atoms with van der Waals surface area (Å²) < 4.78 is 18.5. The van der Waals surface area contributed by atoms with E-state index in [1.807, 2.05) is 31.2 Å². The number of halogens is 2. The Hall–Kier alpha value is -1.54. The van der Waals surface area contributed by atoms with Crippen molar-refractivity contribution in [1.82, 2.24) is 0 Å². The zero-order valence-corrected chi connectivity index (χ0v) is 10.9. The molecule has 0 spiro atoms. The van der Waals surface area contributed by atoms with Crippen LogP contribution in [0.1, 0.15) is 18.1 Å². The predicted molar refractivity (Wildman–Crippen MR) is 71.8 cm³/mol. The van der Waals surface area contributed by atoms with E-state index in [0.717, 1.165) is 16.9 Å². The Morgan fingerprint density at radius 2 is 1.89 bits per heavy atom. The lowest BCUT2D eigenvalue weighted by Gasteiger charge is -2.10. The van der Waals surface area contributed by atoms with Gasteiger partial charge in [0, 0.05) is 11.4 Å². The van der Waals surface area contributed by atoms with Crippen LogP contribution in [0.4, 0.5) is 4.39 Å². The number of ether oxygens (including phenoxy) is 1. The largest absolute Gasteiger partial charge is 0.494 e. The Labute approximate surface area is 111 Å². The molecule has 0 amide bonds. The maximum atomic E-state index is 13.0. The number of hydrogen-bond acceptors (Lipinski definition) is 1.